The first-order chi connectivity index (χ1) is 15.4. The summed E-state index contributed by atoms with van der Waals surface area (Å²) in [4.78, 5) is 11.2. The molecule has 6 rings (SSSR count). The standard InChI is InChI=1S/C26H27N5/c1-2-8-18(9-3-1)24-19(16-28-30-24)17-31-15-13-21-20-10-4-5-11-22(20)29-25(21)26(31)23-12-6-7-14-27-23/h1-12,14,19,24,26,28-30H,13,15-17H2. The molecule has 0 spiro atoms. The van der Waals surface area contributed by atoms with Crippen molar-refractivity contribution in [3.05, 3.63) is 102 Å². The Morgan fingerprint density at radius 1 is 0.935 bits per heavy atom. The number of aromatic amines is 1. The van der Waals surface area contributed by atoms with Crippen molar-refractivity contribution in [1.29, 1.82) is 0 Å². The lowest BCUT2D eigenvalue weighted by Gasteiger charge is -2.37. The summed E-state index contributed by atoms with van der Waals surface area (Å²) in [5, 5.41) is 1.35. The van der Waals surface area contributed by atoms with Crippen molar-refractivity contribution in [1.82, 2.24) is 25.7 Å². The molecule has 1 saturated heterocycles. The van der Waals surface area contributed by atoms with Crippen LogP contribution in [0.2, 0.25) is 0 Å². The Hall–Kier alpha value is -2.99. The normalized spacial score (nSPS) is 23.8. The Morgan fingerprint density at radius 2 is 1.77 bits per heavy atom. The lowest BCUT2D eigenvalue weighted by atomic mass is 9.90. The van der Waals surface area contributed by atoms with Crippen molar-refractivity contribution in [3.63, 3.8) is 0 Å². The number of aromatic nitrogens is 2. The predicted molar refractivity (Wildman–Crippen MR) is 123 cm³/mol. The second-order valence-corrected chi connectivity index (χ2v) is 8.64. The number of hydrazine groups is 1. The Morgan fingerprint density at radius 3 is 2.65 bits per heavy atom. The monoisotopic (exact) mass is 409 g/mol. The van der Waals surface area contributed by atoms with Gasteiger partial charge in [0.15, 0.2) is 0 Å². The third-order valence-electron chi connectivity index (χ3n) is 6.82. The van der Waals surface area contributed by atoms with E-state index in [1.54, 1.807) is 0 Å². The fraction of sp³-hybridized carbons (Fsp3) is 0.269. The molecule has 1 fully saturated rings. The SMILES string of the molecule is c1ccc(C2NNCC2CN2CCc3c([nH]c4ccccc34)C2c2ccccn2)cc1. The summed E-state index contributed by atoms with van der Waals surface area (Å²) in [5.41, 5.74) is 13.4. The lowest BCUT2D eigenvalue weighted by molar-refractivity contribution is 0.172. The van der Waals surface area contributed by atoms with Crippen molar-refractivity contribution in [2.24, 2.45) is 5.92 Å². The zero-order valence-electron chi connectivity index (χ0n) is 17.5. The second kappa shape index (κ2) is 7.93. The molecule has 0 bridgehead atoms. The smallest absolute Gasteiger partial charge is 0.0931 e. The first kappa shape index (κ1) is 18.8. The van der Waals surface area contributed by atoms with E-state index >= 15 is 0 Å². The van der Waals surface area contributed by atoms with Gasteiger partial charge in [-0.1, -0.05) is 54.6 Å². The van der Waals surface area contributed by atoms with Crippen LogP contribution >= 0.6 is 0 Å². The van der Waals surface area contributed by atoms with Gasteiger partial charge in [-0.15, -0.1) is 0 Å². The van der Waals surface area contributed by atoms with E-state index < -0.39 is 0 Å². The van der Waals surface area contributed by atoms with Gasteiger partial charge in [0.2, 0.25) is 0 Å². The van der Waals surface area contributed by atoms with Gasteiger partial charge in [0.25, 0.3) is 0 Å². The van der Waals surface area contributed by atoms with Gasteiger partial charge in [0, 0.05) is 48.3 Å². The van der Waals surface area contributed by atoms with Gasteiger partial charge in [0.05, 0.1) is 17.8 Å². The summed E-state index contributed by atoms with van der Waals surface area (Å²) in [6, 6.07) is 26.2. The second-order valence-electron chi connectivity index (χ2n) is 8.64. The maximum absolute atomic E-state index is 4.78. The van der Waals surface area contributed by atoms with Crippen LogP contribution in [0.5, 0.6) is 0 Å². The zero-order valence-corrected chi connectivity index (χ0v) is 17.5. The number of nitrogens with zero attached hydrogens (tertiary/aromatic N) is 2. The van der Waals surface area contributed by atoms with Crippen LogP contribution in [0.3, 0.4) is 0 Å². The molecule has 5 nitrogen and oxygen atoms in total. The number of hydrogen-bond acceptors (Lipinski definition) is 4. The van der Waals surface area contributed by atoms with E-state index in [9.17, 15) is 0 Å². The van der Waals surface area contributed by atoms with E-state index in [4.69, 9.17) is 4.98 Å². The number of benzene rings is 2. The van der Waals surface area contributed by atoms with Crippen molar-refractivity contribution >= 4 is 10.9 Å². The van der Waals surface area contributed by atoms with Crippen LogP contribution in [0.4, 0.5) is 0 Å². The zero-order chi connectivity index (χ0) is 20.6. The van der Waals surface area contributed by atoms with Crippen LogP contribution in [0.25, 0.3) is 10.9 Å². The minimum Gasteiger partial charge on any atom is -0.357 e. The van der Waals surface area contributed by atoms with Gasteiger partial charge in [-0.3, -0.25) is 15.3 Å². The number of rotatable bonds is 4. The van der Waals surface area contributed by atoms with Gasteiger partial charge in [-0.05, 0) is 35.7 Å². The molecule has 2 aromatic carbocycles. The molecule has 31 heavy (non-hydrogen) atoms. The van der Waals surface area contributed by atoms with Crippen molar-refractivity contribution in [2.75, 3.05) is 19.6 Å². The fourth-order valence-corrected chi connectivity index (χ4v) is 5.38. The van der Waals surface area contributed by atoms with Gasteiger partial charge < -0.3 is 4.98 Å². The molecule has 0 amide bonds. The Labute approximate surface area is 182 Å². The molecule has 0 aliphatic carbocycles. The van der Waals surface area contributed by atoms with Gasteiger partial charge >= 0.3 is 0 Å². The molecule has 2 aromatic heterocycles. The van der Waals surface area contributed by atoms with E-state index in [0.717, 1.165) is 31.7 Å². The summed E-state index contributed by atoms with van der Waals surface area (Å²) < 4.78 is 0. The molecular weight excluding hydrogens is 382 g/mol. The molecule has 5 heteroatoms. The number of fused-ring (bicyclic) bond motifs is 3. The van der Waals surface area contributed by atoms with Crippen LogP contribution in [-0.2, 0) is 6.42 Å². The quantitative estimate of drug-likeness (QED) is 0.477. The topological polar surface area (TPSA) is 56.0 Å². The highest BCUT2D eigenvalue weighted by Crippen LogP contribution is 2.39. The number of H-pyrrole nitrogens is 1. The van der Waals surface area contributed by atoms with Gasteiger partial charge in [-0.25, -0.2) is 5.43 Å². The maximum Gasteiger partial charge on any atom is 0.0931 e. The first-order valence-electron chi connectivity index (χ1n) is 11.2. The van der Waals surface area contributed by atoms with E-state index in [2.05, 4.69) is 87.5 Å². The third kappa shape index (κ3) is 3.35. The van der Waals surface area contributed by atoms with Crippen molar-refractivity contribution < 1.29 is 0 Å². The first-order valence-corrected chi connectivity index (χ1v) is 11.2. The highest BCUT2D eigenvalue weighted by Gasteiger charge is 2.36. The third-order valence-corrected chi connectivity index (χ3v) is 6.82. The van der Waals surface area contributed by atoms with Crippen LogP contribution in [0.1, 0.15) is 34.6 Å². The lowest BCUT2D eigenvalue weighted by Crippen LogP contribution is -2.41. The molecule has 4 heterocycles. The number of pyridine rings is 1. The highest BCUT2D eigenvalue weighted by molar-refractivity contribution is 5.85. The van der Waals surface area contributed by atoms with Crippen LogP contribution in [-0.4, -0.2) is 34.5 Å². The minimum atomic E-state index is 0.148. The molecule has 3 unspecified atom stereocenters. The molecule has 0 saturated carbocycles. The van der Waals surface area contributed by atoms with Gasteiger partial charge in [-0.2, -0.15) is 0 Å². The minimum absolute atomic E-state index is 0.148. The van der Waals surface area contributed by atoms with Crippen LogP contribution in [0, 0.1) is 5.92 Å². The number of para-hydroxylation sites is 1. The molecule has 4 aromatic rings. The van der Waals surface area contributed by atoms with Gasteiger partial charge in [0.1, 0.15) is 0 Å². The highest BCUT2D eigenvalue weighted by atomic mass is 15.4. The summed E-state index contributed by atoms with van der Waals surface area (Å²) in [6.45, 7) is 3.01. The van der Waals surface area contributed by atoms with Crippen molar-refractivity contribution in [3.8, 4) is 0 Å². The average molecular weight is 410 g/mol. The molecule has 2 aliphatic heterocycles. The van der Waals surface area contributed by atoms with Crippen LogP contribution < -0.4 is 10.9 Å². The number of hydrogen-bond donors (Lipinski definition) is 3. The molecule has 3 atom stereocenters. The van der Waals surface area contributed by atoms with Crippen molar-refractivity contribution in [2.45, 2.75) is 18.5 Å². The summed E-state index contributed by atoms with van der Waals surface area (Å²) in [6.07, 6.45) is 2.97. The number of nitrogens with one attached hydrogen (secondary N) is 3. The molecule has 3 N–H and O–H groups in total. The summed E-state index contributed by atoms with van der Waals surface area (Å²) in [7, 11) is 0. The van der Waals surface area contributed by atoms with E-state index in [0.29, 0.717) is 12.0 Å². The van der Waals surface area contributed by atoms with E-state index in [1.165, 1.54) is 27.7 Å². The van der Waals surface area contributed by atoms with Crippen LogP contribution in [0.15, 0.2) is 79.0 Å². The average Bonchev–Trinajstić information content (AvgIpc) is 3.44. The Balaban J connectivity index is 1.37. The molecular formula is C26H27N5. The van der Waals surface area contributed by atoms with E-state index in [-0.39, 0.29) is 6.04 Å². The summed E-state index contributed by atoms with van der Waals surface area (Å²) >= 11 is 0. The molecule has 2 aliphatic rings. The van der Waals surface area contributed by atoms with E-state index in [1.807, 2.05) is 12.3 Å². The fourth-order valence-electron chi connectivity index (χ4n) is 5.38. The summed E-state index contributed by atoms with van der Waals surface area (Å²) in [5.74, 6) is 0.486. The predicted octanol–water partition coefficient (Wildman–Crippen LogP) is 3.98. The molecule has 156 valence electrons. The molecule has 0 radical (unpaired) electrons. The Kier molecular flexibility index (Phi) is 4.80. The Bertz CT molecular complexity index is 1170. The maximum atomic E-state index is 4.78. The largest absolute Gasteiger partial charge is 0.357 e.